The Bertz CT molecular complexity index is 1030. The highest BCUT2D eigenvalue weighted by Gasteiger charge is 2.22. The summed E-state index contributed by atoms with van der Waals surface area (Å²) < 4.78 is 14.5. The van der Waals surface area contributed by atoms with E-state index in [-0.39, 0.29) is 5.76 Å². The lowest BCUT2D eigenvalue weighted by atomic mass is 10.1. The van der Waals surface area contributed by atoms with Crippen molar-refractivity contribution in [3.8, 4) is 11.5 Å². The standard InChI is InChI=1S/C22H23N3O3S/c1-4-28-19-8-6-5-7-18(19)23-22(29)20(25-14-13-24(2)15-25)21(26)16-9-11-17(27-3)12-10-16/h5-15H,4H2,1-3H3,(H-,23,26,29)/p+1. The number of aromatic nitrogens is 2. The summed E-state index contributed by atoms with van der Waals surface area (Å²) in [6, 6.07) is 14.7. The molecule has 6 nitrogen and oxygen atoms in total. The quantitative estimate of drug-likeness (QED) is 0.266. The summed E-state index contributed by atoms with van der Waals surface area (Å²) >= 11 is 5.68. The highest BCUT2D eigenvalue weighted by molar-refractivity contribution is 7.81. The lowest BCUT2D eigenvalue weighted by Crippen LogP contribution is -2.25. The Balaban J connectivity index is 2.03. The number of methoxy groups -OCH3 is 1. The number of benzene rings is 2. The highest BCUT2D eigenvalue weighted by atomic mass is 32.1. The van der Waals surface area contributed by atoms with Gasteiger partial charge in [-0.25, -0.2) is 4.57 Å². The van der Waals surface area contributed by atoms with Crippen LogP contribution in [-0.2, 0) is 7.05 Å². The van der Waals surface area contributed by atoms with Crippen LogP contribution in [0, 0.1) is 0 Å². The number of thiocarbonyl (C=S) groups is 1. The van der Waals surface area contributed by atoms with Gasteiger partial charge in [0.25, 0.3) is 0 Å². The van der Waals surface area contributed by atoms with Crippen molar-refractivity contribution >= 4 is 34.3 Å². The number of anilines is 1. The number of aliphatic hydroxyl groups is 1. The van der Waals surface area contributed by atoms with Crippen molar-refractivity contribution in [2.24, 2.45) is 7.05 Å². The molecule has 0 amide bonds. The predicted octanol–water partition coefficient (Wildman–Crippen LogP) is 4.04. The van der Waals surface area contributed by atoms with Crippen LogP contribution < -0.4 is 19.4 Å². The first-order chi connectivity index (χ1) is 14.0. The van der Waals surface area contributed by atoms with Gasteiger partial charge < -0.3 is 19.9 Å². The minimum atomic E-state index is 0.0512. The van der Waals surface area contributed by atoms with Crippen LogP contribution in [0.5, 0.6) is 11.5 Å². The Kier molecular flexibility index (Phi) is 6.51. The molecule has 0 radical (unpaired) electrons. The second-order valence-electron chi connectivity index (χ2n) is 6.30. The highest BCUT2D eigenvalue weighted by Crippen LogP contribution is 2.28. The van der Waals surface area contributed by atoms with E-state index < -0.39 is 0 Å². The number of rotatable bonds is 7. The number of nitrogens with zero attached hydrogens (tertiary/aromatic N) is 2. The van der Waals surface area contributed by atoms with Crippen LogP contribution in [0.4, 0.5) is 5.69 Å². The Morgan fingerprint density at radius 1 is 1.17 bits per heavy atom. The molecule has 0 bridgehead atoms. The first kappa shape index (κ1) is 20.4. The van der Waals surface area contributed by atoms with E-state index in [1.165, 1.54) is 0 Å². The Labute approximate surface area is 175 Å². The largest absolute Gasteiger partial charge is 0.503 e. The molecular weight excluding hydrogens is 386 g/mol. The fraction of sp³-hybridized carbons (Fsp3) is 0.182. The van der Waals surface area contributed by atoms with E-state index in [0.29, 0.717) is 34.4 Å². The van der Waals surface area contributed by atoms with Gasteiger partial charge in [-0.1, -0.05) is 24.4 Å². The third-order valence-electron chi connectivity index (χ3n) is 4.27. The second kappa shape index (κ2) is 9.25. The van der Waals surface area contributed by atoms with E-state index in [9.17, 15) is 5.11 Å². The molecule has 1 aromatic heterocycles. The van der Waals surface area contributed by atoms with E-state index in [0.717, 1.165) is 5.69 Å². The number of para-hydroxylation sites is 2. The van der Waals surface area contributed by atoms with Gasteiger partial charge in [0.15, 0.2) is 10.7 Å². The molecule has 3 rings (SSSR count). The monoisotopic (exact) mass is 410 g/mol. The number of hydrogen-bond acceptors (Lipinski definition) is 4. The second-order valence-corrected chi connectivity index (χ2v) is 6.70. The fourth-order valence-corrected chi connectivity index (χ4v) is 3.16. The van der Waals surface area contributed by atoms with Gasteiger partial charge in [0.1, 0.15) is 23.9 Å². The van der Waals surface area contributed by atoms with E-state index in [1.807, 2.05) is 61.5 Å². The van der Waals surface area contributed by atoms with Crippen molar-refractivity contribution < 1.29 is 19.1 Å². The van der Waals surface area contributed by atoms with Crippen LogP contribution in [0.2, 0.25) is 0 Å². The average molecular weight is 411 g/mol. The molecule has 0 fully saturated rings. The summed E-state index contributed by atoms with van der Waals surface area (Å²) in [7, 11) is 3.50. The minimum absolute atomic E-state index is 0.0512. The predicted molar refractivity (Wildman–Crippen MR) is 118 cm³/mol. The number of imidazole rings is 1. The van der Waals surface area contributed by atoms with Crippen LogP contribution in [0.25, 0.3) is 11.5 Å². The molecule has 0 aliphatic heterocycles. The molecule has 150 valence electrons. The molecular formula is C22H24N3O3S+. The molecule has 0 atom stereocenters. The Hall–Kier alpha value is -3.32. The van der Waals surface area contributed by atoms with Gasteiger partial charge in [0, 0.05) is 5.56 Å². The summed E-state index contributed by atoms with van der Waals surface area (Å²) in [5.74, 6) is 1.45. The lowest BCUT2D eigenvalue weighted by molar-refractivity contribution is -0.670. The van der Waals surface area contributed by atoms with E-state index in [1.54, 1.807) is 35.9 Å². The Morgan fingerprint density at radius 2 is 1.90 bits per heavy atom. The first-order valence-corrected chi connectivity index (χ1v) is 9.58. The molecule has 7 heteroatoms. The van der Waals surface area contributed by atoms with E-state index >= 15 is 0 Å². The van der Waals surface area contributed by atoms with E-state index in [2.05, 4.69) is 5.32 Å². The molecule has 2 aromatic carbocycles. The maximum Gasteiger partial charge on any atom is 0.248 e. The molecule has 0 unspecified atom stereocenters. The van der Waals surface area contributed by atoms with Crippen LogP contribution in [-0.4, -0.2) is 28.4 Å². The van der Waals surface area contributed by atoms with Gasteiger partial charge in [-0.3, -0.25) is 0 Å². The van der Waals surface area contributed by atoms with Gasteiger partial charge in [-0.05, 0) is 43.3 Å². The molecule has 3 aromatic rings. The van der Waals surface area contributed by atoms with Crippen molar-refractivity contribution in [2.75, 3.05) is 19.0 Å². The number of aliphatic hydroxyl groups excluding tert-OH is 1. The number of nitrogens with one attached hydrogen (secondary N) is 1. The number of hydrogen-bond donors (Lipinski definition) is 2. The van der Waals surface area contributed by atoms with Crippen LogP contribution >= 0.6 is 12.2 Å². The zero-order valence-corrected chi connectivity index (χ0v) is 17.4. The normalized spacial score (nSPS) is 11.6. The number of ether oxygens (including phenoxy) is 2. The summed E-state index contributed by atoms with van der Waals surface area (Å²) in [5, 5.41) is 14.3. The molecule has 0 spiro atoms. The van der Waals surface area contributed by atoms with Gasteiger partial charge >= 0.3 is 0 Å². The summed E-state index contributed by atoms with van der Waals surface area (Å²) in [6.07, 6.45) is 5.53. The molecule has 1 heterocycles. The van der Waals surface area contributed by atoms with Crippen molar-refractivity contribution in [1.82, 2.24) is 4.57 Å². The summed E-state index contributed by atoms with van der Waals surface area (Å²) in [5.41, 5.74) is 1.81. The summed E-state index contributed by atoms with van der Waals surface area (Å²) in [4.78, 5) is 0.363. The van der Waals surface area contributed by atoms with Crippen molar-refractivity contribution in [3.63, 3.8) is 0 Å². The van der Waals surface area contributed by atoms with Crippen molar-refractivity contribution in [2.45, 2.75) is 6.92 Å². The molecule has 2 N–H and O–H groups in total. The molecule has 0 aliphatic rings. The molecule has 0 saturated heterocycles. The van der Waals surface area contributed by atoms with E-state index in [4.69, 9.17) is 21.7 Å². The van der Waals surface area contributed by atoms with Crippen molar-refractivity contribution in [1.29, 1.82) is 0 Å². The molecule has 29 heavy (non-hydrogen) atoms. The average Bonchev–Trinajstić information content (AvgIpc) is 3.15. The zero-order chi connectivity index (χ0) is 20.8. The van der Waals surface area contributed by atoms with Gasteiger partial charge in [0.2, 0.25) is 12.0 Å². The maximum atomic E-state index is 11.1. The van der Waals surface area contributed by atoms with Crippen LogP contribution in [0.1, 0.15) is 12.5 Å². The maximum absolute atomic E-state index is 11.1. The first-order valence-electron chi connectivity index (χ1n) is 9.18. The number of aryl methyl sites for hydroxylation is 1. The third-order valence-corrected chi connectivity index (χ3v) is 4.56. The smallest absolute Gasteiger partial charge is 0.248 e. The van der Waals surface area contributed by atoms with Crippen LogP contribution in [0.3, 0.4) is 0 Å². The SMILES string of the molecule is CCOc1ccccc1NC(=S)/C(=C(\O)c1ccc(OC)cc1)n1cc[n+](C)c1. The molecule has 0 saturated carbocycles. The Morgan fingerprint density at radius 3 is 2.52 bits per heavy atom. The summed E-state index contributed by atoms with van der Waals surface area (Å²) in [6.45, 7) is 2.47. The van der Waals surface area contributed by atoms with Crippen molar-refractivity contribution in [3.05, 3.63) is 72.8 Å². The fourth-order valence-electron chi connectivity index (χ4n) is 2.85. The third kappa shape index (κ3) is 4.75. The van der Waals surface area contributed by atoms with Gasteiger partial charge in [-0.15, -0.1) is 0 Å². The lowest BCUT2D eigenvalue weighted by Gasteiger charge is -2.14. The molecule has 0 aliphatic carbocycles. The topological polar surface area (TPSA) is 59.5 Å². The van der Waals surface area contributed by atoms with Gasteiger partial charge in [0.05, 0.1) is 26.5 Å². The minimum Gasteiger partial charge on any atom is -0.503 e. The van der Waals surface area contributed by atoms with Gasteiger partial charge in [-0.2, -0.15) is 4.57 Å². The van der Waals surface area contributed by atoms with Crippen LogP contribution in [0.15, 0.2) is 67.3 Å². The zero-order valence-electron chi connectivity index (χ0n) is 16.6.